The van der Waals surface area contributed by atoms with E-state index >= 15 is 0 Å². The fraction of sp³-hybridized carbons (Fsp3) is 0.348. The Hall–Kier alpha value is -2.82. The fourth-order valence-electron chi connectivity index (χ4n) is 3.93. The summed E-state index contributed by atoms with van der Waals surface area (Å²) >= 11 is 1.59. The van der Waals surface area contributed by atoms with Crippen LogP contribution in [-0.2, 0) is 10.0 Å². The van der Waals surface area contributed by atoms with Gasteiger partial charge in [0.15, 0.2) is 11.5 Å². The second kappa shape index (κ2) is 9.20. The van der Waals surface area contributed by atoms with Gasteiger partial charge in [-0.1, -0.05) is 0 Å². The number of hydrogen-bond donors (Lipinski definition) is 0. The van der Waals surface area contributed by atoms with Crippen molar-refractivity contribution < 1.29 is 22.7 Å². The third-order valence-electron chi connectivity index (χ3n) is 5.94. The van der Waals surface area contributed by atoms with Crippen LogP contribution in [0.5, 0.6) is 11.5 Å². The Morgan fingerprint density at radius 3 is 2.21 bits per heavy atom. The summed E-state index contributed by atoms with van der Waals surface area (Å²) in [6.45, 7) is 5.07. The lowest BCUT2D eigenvalue weighted by atomic mass is 10.1. The van der Waals surface area contributed by atoms with E-state index in [0.717, 1.165) is 15.4 Å². The van der Waals surface area contributed by atoms with Crippen LogP contribution < -0.4 is 9.47 Å². The lowest BCUT2D eigenvalue weighted by molar-refractivity contribution is 0.0697. The molecule has 3 aromatic rings. The number of benzene rings is 1. The minimum Gasteiger partial charge on any atom is -0.493 e. The maximum atomic E-state index is 13.5. The predicted molar refractivity (Wildman–Crippen MR) is 127 cm³/mol. The number of hydrogen-bond acceptors (Lipinski definition) is 6. The summed E-state index contributed by atoms with van der Waals surface area (Å²) < 4.78 is 40.2. The highest BCUT2D eigenvalue weighted by molar-refractivity contribution is 7.89. The zero-order valence-electron chi connectivity index (χ0n) is 19.1. The second-order valence-corrected chi connectivity index (χ2v) is 10.9. The van der Waals surface area contributed by atoms with Gasteiger partial charge in [-0.05, 0) is 43.7 Å². The van der Waals surface area contributed by atoms with Gasteiger partial charge < -0.3 is 18.9 Å². The van der Waals surface area contributed by atoms with Gasteiger partial charge in [0.1, 0.15) is 5.00 Å². The lowest BCUT2D eigenvalue weighted by Gasteiger charge is -2.34. The highest BCUT2D eigenvalue weighted by atomic mass is 32.2. The van der Waals surface area contributed by atoms with Crippen molar-refractivity contribution in [3.63, 3.8) is 0 Å². The zero-order chi connectivity index (χ0) is 23.8. The van der Waals surface area contributed by atoms with Gasteiger partial charge in [0.25, 0.3) is 5.91 Å². The summed E-state index contributed by atoms with van der Waals surface area (Å²) in [7, 11) is -0.756. The molecule has 4 rings (SSSR count). The second-order valence-electron chi connectivity index (χ2n) is 7.77. The Kier molecular flexibility index (Phi) is 6.51. The van der Waals surface area contributed by atoms with E-state index in [4.69, 9.17) is 9.47 Å². The number of carbonyl (C=O) groups is 1. The van der Waals surface area contributed by atoms with Crippen molar-refractivity contribution in [1.29, 1.82) is 0 Å². The molecule has 33 heavy (non-hydrogen) atoms. The first-order chi connectivity index (χ1) is 15.8. The first kappa shape index (κ1) is 23.3. The normalized spacial score (nSPS) is 15.0. The number of sulfonamides is 1. The number of aryl methyl sites for hydroxylation is 1. The minimum atomic E-state index is -3.72. The summed E-state index contributed by atoms with van der Waals surface area (Å²) in [4.78, 5) is 16.4. The average Bonchev–Trinajstić information content (AvgIpc) is 3.46. The first-order valence-electron chi connectivity index (χ1n) is 10.5. The maximum absolute atomic E-state index is 13.5. The third kappa shape index (κ3) is 4.25. The van der Waals surface area contributed by atoms with Crippen LogP contribution in [0, 0.1) is 13.8 Å². The van der Waals surface area contributed by atoms with E-state index in [9.17, 15) is 13.2 Å². The molecule has 1 saturated heterocycles. The van der Waals surface area contributed by atoms with Crippen molar-refractivity contribution in [2.45, 2.75) is 18.7 Å². The Morgan fingerprint density at radius 1 is 0.970 bits per heavy atom. The van der Waals surface area contributed by atoms with Crippen molar-refractivity contribution >= 4 is 27.3 Å². The van der Waals surface area contributed by atoms with Crippen LogP contribution in [0.3, 0.4) is 0 Å². The number of rotatable bonds is 6. The molecule has 1 fully saturated rings. The Morgan fingerprint density at radius 2 is 1.61 bits per heavy atom. The zero-order valence-corrected chi connectivity index (χ0v) is 20.7. The van der Waals surface area contributed by atoms with Crippen LogP contribution in [0.15, 0.2) is 47.6 Å². The predicted octanol–water partition coefficient (Wildman–Crippen LogP) is 3.32. The molecule has 3 heterocycles. The highest BCUT2D eigenvalue weighted by Crippen LogP contribution is 2.33. The summed E-state index contributed by atoms with van der Waals surface area (Å²) in [5.41, 5.74) is 1.65. The molecule has 8 nitrogen and oxygen atoms in total. The minimum absolute atomic E-state index is 0.0660. The van der Waals surface area contributed by atoms with Crippen LogP contribution in [-0.4, -0.2) is 68.5 Å². The van der Waals surface area contributed by atoms with E-state index < -0.39 is 10.0 Å². The van der Waals surface area contributed by atoms with Gasteiger partial charge in [-0.25, -0.2) is 8.42 Å². The molecule has 176 valence electrons. The summed E-state index contributed by atoms with van der Waals surface area (Å²) in [6.07, 6.45) is 3.85. The van der Waals surface area contributed by atoms with Gasteiger partial charge in [0.2, 0.25) is 10.0 Å². The molecule has 0 aliphatic carbocycles. The molecule has 0 unspecified atom stereocenters. The molecule has 1 amide bonds. The van der Waals surface area contributed by atoms with Gasteiger partial charge >= 0.3 is 0 Å². The standard InChI is InChI=1S/C23H27N3O5S2/c1-16-17(2)32-23(25-9-5-6-10-25)21(16)22(27)24-11-13-26(14-12-24)33(28,29)18-7-8-19(30-3)20(15-18)31-4/h5-10,15H,11-14H2,1-4H3. The van der Waals surface area contributed by atoms with Crippen molar-refractivity contribution in [3.05, 3.63) is 58.7 Å². The molecule has 10 heteroatoms. The van der Waals surface area contributed by atoms with Gasteiger partial charge in [0, 0.05) is 49.5 Å². The molecule has 0 saturated carbocycles. The number of amides is 1. The van der Waals surface area contributed by atoms with Gasteiger partial charge in [-0.2, -0.15) is 4.31 Å². The summed E-state index contributed by atoms with van der Waals surface area (Å²) in [5, 5.41) is 0.889. The Labute approximate surface area is 198 Å². The number of piperazine rings is 1. The molecule has 0 spiro atoms. The molecule has 1 aromatic carbocycles. The van der Waals surface area contributed by atoms with Crippen molar-refractivity contribution in [3.8, 4) is 16.5 Å². The van der Waals surface area contributed by atoms with Crippen LogP contribution in [0.25, 0.3) is 5.00 Å². The summed E-state index contributed by atoms with van der Waals surface area (Å²) in [6, 6.07) is 8.41. The molecule has 0 atom stereocenters. The van der Waals surface area contributed by atoms with Crippen LogP contribution in [0.4, 0.5) is 0 Å². The molecule has 1 aliphatic rings. The lowest BCUT2D eigenvalue weighted by Crippen LogP contribution is -2.50. The van der Waals surface area contributed by atoms with E-state index in [0.29, 0.717) is 30.2 Å². The number of carbonyl (C=O) groups excluding carboxylic acids is 1. The number of methoxy groups -OCH3 is 2. The quantitative estimate of drug-likeness (QED) is 0.531. The van der Waals surface area contributed by atoms with E-state index in [1.807, 2.05) is 42.9 Å². The van der Waals surface area contributed by atoms with Crippen molar-refractivity contribution in [2.24, 2.45) is 0 Å². The van der Waals surface area contributed by atoms with Crippen molar-refractivity contribution in [2.75, 3.05) is 40.4 Å². The average molecular weight is 490 g/mol. The van der Waals surface area contributed by atoms with Crippen LogP contribution >= 0.6 is 11.3 Å². The highest BCUT2D eigenvalue weighted by Gasteiger charge is 2.33. The van der Waals surface area contributed by atoms with E-state index in [2.05, 4.69) is 0 Å². The molecule has 2 aromatic heterocycles. The molecular formula is C23H27N3O5S2. The fourth-order valence-corrected chi connectivity index (χ4v) is 6.48. The molecule has 0 bridgehead atoms. The first-order valence-corrected chi connectivity index (χ1v) is 12.8. The number of thiophene rings is 1. The van der Waals surface area contributed by atoms with Crippen molar-refractivity contribution in [1.82, 2.24) is 13.8 Å². The largest absolute Gasteiger partial charge is 0.493 e. The molecule has 1 aliphatic heterocycles. The van der Waals surface area contributed by atoms with Gasteiger partial charge in [-0.3, -0.25) is 4.79 Å². The number of ether oxygens (including phenoxy) is 2. The smallest absolute Gasteiger partial charge is 0.257 e. The van der Waals surface area contributed by atoms with E-state index in [1.54, 1.807) is 22.3 Å². The SMILES string of the molecule is COc1ccc(S(=O)(=O)N2CCN(C(=O)c3c(-n4cccc4)sc(C)c3C)CC2)cc1OC. The number of nitrogens with zero attached hydrogens (tertiary/aromatic N) is 3. The van der Waals surface area contributed by atoms with Crippen LogP contribution in [0.1, 0.15) is 20.8 Å². The Balaban J connectivity index is 1.52. The molecule has 0 radical (unpaired) electrons. The van der Waals surface area contributed by atoms with E-state index in [1.165, 1.54) is 30.7 Å². The number of aromatic nitrogens is 1. The monoisotopic (exact) mass is 489 g/mol. The topological polar surface area (TPSA) is 81.1 Å². The maximum Gasteiger partial charge on any atom is 0.257 e. The van der Waals surface area contributed by atoms with Crippen LogP contribution in [0.2, 0.25) is 0 Å². The molecular weight excluding hydrogens is 462 g/mol. The summed E-state index contributed by atoms with van der Waals surface area (Å²) in [5.74, 6) is 0.753. The molecule has 0 N–H and O–H groups in total. The Bertz CT molecular complexity index is 1260. The van der Waals surface area contributed by atoms with E-state index in [-0.39, 0.29) is 23.9 Å². The van der Waals surface area contributed by atoms with Gasteiger partial charge in [-0.15, -0.1) is 11.3 Å². The van der Waals surface area contributed by atoms with Gasteiger partial charge in [0.05, 0.1) is 24.7 Å². The third-order valence-corrected chi connectivity index (χ3v) is 9.05.